The molecule has 110 valence electrons. The molecular weight excluding hydrogens is 242 g/mol. The first-order chi connectivity index (χ1) is 9.19. The lowest BCUT2D eigenvalue weighted by Crippen LogP contribution is -2.40. The second-order valence-electron chi connectivity index (χ2n) is 5.22. The standard InChI is InChI=1S/C15H27NO3/c1-3-5-6-7-8-14(17)16-11-9-13(10-12-16)15(18)19-4-2/h13H,3-12H2,1-2H3. The van der Waals surface area contributed by atoms with Crippen LogP contribution >= 0.6 is 0 Å². The summed E-state index contributed by atoms with van der Waals surface area (Å²) in [5.74, 6) is 0.139. The van der Waals surface area contributed by atoms with E-state index in [4.69, 9.17) is 4.74 Å². The fourth-order valence-electron chi connectivity index (χ4n) is 2.49. The van der Waals surface area contributed by atoms with Crippen molar-refractivity contribution in [2.24, 2.45) is 5.92 Å². The third-order valence-electron chi connectivity index (χ3n) is 3.71. The Morgan fingerprint density at radius 2 is 1.79 bits per heavy atom. The number of piperidine rings is 1. The average molecular weight is 269 g/mol. The summed E-state index contributed by atoms with van der Waals surface area (Å²) in [6.45, 7) is 5.84. The van der Waals surface area contributed by atoms with Gasteiger partial charge >= 0.3 is 5.97 Å². The number of esters is 1. The van der Waals surface area contributed by atoms with Crippen molar-refractivity contribution in [1.82, 2.24) is 4.90 Å². The lowest BCUT2D eigenvalue weighted by molar-refractivity contribution is -0.151. The van der Waals surface area contributed by atoms with Gasteiger partial charge in [0.15, 0.2) is 0 Å². The topological polar surface area (TPSA) is 46.6 Å². The minimum atomic E-state index is -0.0995. The molecule has 1 amide bonds. The van der Waals surface area contributed by atoms with Gasteiger partial charge < -0.3 is 9.64 Å². The Morgan fingerprint density at radius 1 is 1.11 bits per heavy atom. The van der Waals surface area contributed by atoms with Gasteiger partial charge in [-0.25, -0.2) is 0 Å². The summed E-state index contributed by atoms with van der Waals surface area (Å²) in [4.78, 5) is 25.5. The molecule has 1 aliphatic heterocycles. The van der Waals surface area contributed by atoms with Gasteiger partial charge in [0.1, 0.15) is 0 Å². The van der Waals surface area contributed by atoms with E-state index in [0.717, 1.165) is 25.7 Å². The van der Waals surface area contributed by atoms with E-state index in [1.54, 1.807) is 0 Å². The molecule has 0 atom stereocenters. The molecule has 1 rings (SSSR count). The number of carbonyl (C=O) groups is 2. The molecule has 0 radical (unpaired) electrons. The molecule has 0 spiro atoms. The maximum Gasteiger partial charge on any atom is 0.309 e. The SMILES string of the molecule is CCCCCCC(=O)N1CCC(C(=O)OCC)CC1. The van der Waals surface area contributed by atoms with Gasteiger partial charge in [0, 0.05) is 19.5 Å². The Kier molecular flexibility index (Phi) is 7.53. The highest BCUT2D eigenvalue weighted by Gasteiger charge is 2.27. The lowest BCUT2D eigenvalue weighted by atomic mass is 9.96. The summed E-state index contributed by atoms with van der Waals surface area (Å²) in [6.07, 6.45) is 6.69. The van der Waals surface area contributed by atoms with E-state index >= 15 is 0 Å². The molecule has 0 aromatic heterocycles. The van der Waals surface area contributed by atoms with Gasteiger partial charge in [0.2, 0.25) is 5.91 Å². The molecule has 4 nitrogen and oxygen atoms in total. The van der Waals surface area contributed by atoms with Crippen molar-refractivity contribution in [3.05, 3.63) is 0 Å². The van der Waals surface area contributed by atoms with Crippen LogP contribution in [-0.4, -0.2) is 36.5 Å². The van der Waals surface area contributed by atoms with Crippen LogP contribution < -0.4 is 0 Å². The second-order valence-corrected chi connectivity index (χ2v) is 5.22. The zero-order valence-corrected chi connectivity index (χ0v) is 12.3. The molecule has 0 unspecified atom stereocenters. The van der Waals surface area contributed by atoms with Crippen molar-refractivity contribution in [1.29, 1.82) is 0 Å². The molecule has 0 N–H and O–H groups in total. The normalized spacial score (nSPS) is 16.4. The number of amides is 1. The van der Waals surface area contributed by atoms with Crippen molar-refractivity contribution >= 4 is 11.9 Å². The van der Waals surface area contributed by atoms with Crippen LogP contribution in [0.3, 0.4) is 0 Å². The Morgan fingerprint density at radius 3 is 2.37 bits per heavy atom. The number of nitrogens with zero attached hydrogens (tertiary/aromatic N) is 1. The van der Waals surface area contributed by atoms with Gasteiger partial charge in [-0.2, -0.15) is 0 Å². The maximum atomic E-state index is 12.0. The van der Waals surface area contributed by atoms with Crippen LogP contribution in [0.1, 0.15) is 58.8 Å². The van der Waals surface area contributed by atoms with Crippen LogP contribution in [-0.2, 0) is 14.3 Å². The average Bonchev–Trinajstić information content (AvgIpc) is 2.44. The fourth-order valence-corrected chi connectivity index (χ4v) is 2.49. The first-order valence-corrected chi connectivity index (χ1v) is 7.63. The molecule has 19 heavy (non-hydrogen) atoms. The smallest absolute Gasteiger partial charge is 0.309 e. The van der Waals surface area contributed by atoms with Gasteiger partial charge in [-0.15, -0.1) is 0 Å². The van der Waals surface area contributed by atoms with Crippen molar-refractivity contribution in [3.63, 3.8) is 0 Å². The van der Waals surface area contributed by atoms with Gasteiger partial charge in [0.25, 0.3) is 0 Å². The van der Waals surface area contributed by atoms with E-state index in [1.165, 1.54) is 12.8 Å². The van der Waals surface area contributed by atoms with E-state index in [0.29, 0.717) is 26.1 Å². The first-order valence-electron chi connectivity index (χ1n) is 7.63. The number of hydrogen-bond acceptors (Lipinski definition) is 3. The van der Waals surface area contributed by atoms with Crippen molar-refractivity contribution in [2.45, 2.75) is 58.8 Å². The Balaban J connectivity index is 2.21. The molecule has 1 heterocycles. The van der Waals surface area contributed by atoms with E-state index < -0.39 is 0 Å². The summed E-state index contributed by atoms with van der Waals surface area (Å²) < 4.78 is 5.03. The lowest BCUT2D eigenvalue weighted by Gasteiger charge is -2.31. The van der Waals surface area contributed by atoms with E-state index in [9.17, 15) is 9.59 Å². The summed E-state index contributed by atoms with van der Waals surface area (Å²) in [5.41, 5.74) is 0. The number of carbonyl (C=O) groups excluding carboxylic acids is 2. The molecule has 0 aromatic rings. The molecule has 0 saturated carbocycles. The minimum Gasteiger partial charge on any atom is -0.466 e. The number of likely N-dealkylation sites (tertiary alicyclic amines) is 1. The largest absolute Gasteiger partial charge is 0.466 e. The van der Waals surface area contributed by atoms with Crippen LogP contribution in [0.25, 0.3) is 0 Å². The minimum absolute atomic E-state index is 0.0101. The predicted molar refractivity (Wildman–Crippen MR) is 74.7 cm³/mol. The first kappa shape index (κ1) is 16.0. The molecular formula is C15H27NO3. The highest BCUT2D eigenvalue weighted by Crippen LogP contribution is 2.19. The van der Waals surface area contributed by atoms with Gasteiger partial charge in [-0.3, -0.25) is 9.59 Å². The highest BCUT2D eigenvalue weighted by atomic mass is 16.5. The zero-order valence-electron chi connectivity index (χ0n) is 12.3. The Labute approximate surface area is 116 Å². The van der Waals surface area contributed by atoms with Gasteiger partial charge in [0.05, 0.1) is 12.5 Å². The van der Waals surface area contributed by atoms with Crippen molar-refractivity contribution in [2.75, 3.05) is 19.7 Å². The summed E-state index contributed by atoms with van der Waals surface area (Å²) in [7, 11) is 0. The summed E-state index contributed by atoms with van der Waals surface area (Å²) >= 11 is 0. The van der Waals surface area contributed by atoms with Crippen LogP contribution in [0.2, 0.25) is 0 Å². The van der Waals surface area contributed by atoms with Crippen molar-refractivity contribution < 1.29 is 14.3 Å². The Bertz CT molecular complexity index is 283. The summed E-state index contributed by atoms with van der Waals surface area (Å²) in [5, 5.41) is 0. The van der Waals surface area contributed by atoms with E-state index in [-0.39, 0.29) is 17.8 Å². The molecule has 4 heteroatoms. The zero-order chi connectivity index (χ0) is 14.1. The van der Waals surface area contributed by atoms with Crippen LogP contribution in [0, 0.1) is 5.92 Å². The van der Waals surface area contributed by atoms with Gasteiger partial charge in [-0.05, 0) is 26.2 Å². The van der Waals surface area contributed by atoms with Crippen molar-refractivity contribution in [3.8, 4) is 0 Å². The van der Waals surface area contributed by atoms with Crippen LogP contribution in [0.5, 0.6) is 0 Å². The molecule has 1 aliphatic rings. The number of unbranched alkanes of at least 4 members (excludes halogenated alkanes) is 3. The number of hydrogen-bond donors (Lipinski definition) is 0. The molecule has 0 aliphatic carbocycles. The maximum absolute atomic E-state index is 12.0. The quantitative estimate of drug-likeness (QED) is 0.527. The van der Waals surface area contributed by atoms with Crippen LogP contribution in [0.4, 0.5) is 0 Å². The van der Waals surface area contributed by atoms with E-state index in [2.05, 4.69) is 6.92 Å². The molecule has 0 aromatic carbocycles. The summed E-state index contributed by atoms with van der Waals surface area (Å²) in [6, 6.07) is 0. The predicted octanol–water partition coefficient (Wildman–Crippen LogP) is 2.76. The van der Waals surface area contributed by atoms with Crippen LogP contribution in [0.15, 0.2) is 0 Å². The fraction of sp³-hybridized carbons (Fsp3) is 0.867. The third-order valence-corrected chi connectivity index (χ3v) is 3.71. The molecule has 0 bridgehead atoms. The number of rotatable bonds is 7. The third kappa shape index (κ3) is 5.62. The monoisotopic (exact) mass is 269 g/mol. The molecule has 1 fully saturated rings. The molecule has 1 saturated heterocycles. The van der Waals surface area contributed by atoms with E-state index in [1.807, 2.05) is 11.8 Å². The Hall–Kier alpha value is -1.06. The highest BCUT2D eigenvalue weighted by molar-refractivity contribution is 5.77. The van der Waals surface area contributed by atoms with Gasteiger partial charge in [-0.1, -0.05) is 26.2 Å². The number of ether oxygens (including phenoxy) is 1. The second kappa shape index (κ2) is 8.94.